The third-order valence-corrected chi connectivity index (χ3v) is 6.08. The second kappa shape index (κ2) is 6.60. The first-order valence-electron chi connectivity index (χ1n) is 9.34. The summed E-state index contributed by atoms with van der Waals surface area (Å²) < 4.78 is 6.04. The van der Waals surface area contributed by atoms with E-state index in [9.17, 15) is 4.79 Å². The lowest BCUT2D eigenvalue weighted by Gasteiger charge is -2.26. The number of hydrogen-bond acceptors (Lipinski definition) is 6. The zero-order valence-corrected chi connectivity index (χ0v) is 17.6. The number of rotatable bonds is 3. The number of carbonyl (C=O) groups excluding carboxylic acids is 1. The molecule has 0 aliphatic carbocycles. The third-order valence-electron chi connectivity index (χ3n) is 5.11. The number of fused-ring (bicyclic) bond motifs is 1. The molecule has 4 rings (SSSR count). The van der Waals surface area contributed by atoms with Crippen LogP contribution in [-0.2, 0) is 9.53 Å². The highest BCUT2D eigenvalue weighted by atomic mass is 32.1. The molecule has 1 fully saturated rings. The predicted octanol–water partition coefficient (Wildman–Crippen LogP) is 4.59. The van der Waals surface area contributed by atoms with E-state index < -0.39 is 5.60 Å². The van der Waals surface area contributed by atoms with Crippen molar-refractivity contribution >= 4 is 33.3 Å². The number of carbonyl (C=O) groups is 1. The monoisotopic (exact) mass is 396 g/mol. The number of hydrogen-bond donors (Lipinski definition) is 1. The van der Waals surface area contributed by atoms with Gasteiger partial charge in [0.25, 0.3) is 0 Å². The van der Waals surface area contributed by atoms with Gasteiger partial charge in [0.15, 0.2) is 5.13 Å². The summed E-state index contributed by atoms with van der Waals surface area (Å²) in [4.78, 5) is 26.9. The Hall–Kier alpha value is -2.38. The van der Waals surface area contributed by atoms with Crippen molar-refractivity contribution in [3.63, 3.8) is 0 Å². The molecule has 28 heavy (non-hydrogen) atoms. The maximum Gasteiger partial charge on any atom is 0.232 e. The predicted molar refractivity (Wildman–Crippen MR) is 111 cm³/mol. The van der Waals surface area contributed by atoms with Gasteiger partial charge in [-0.25, -0.2) is 15.0 Å². The zero-order valence-electron chi connectivity index (χ0n) is 16.7. The van der Waals surface area contributed by atoms with Gasteiger partial charge in [-0.3, -0.25) is 4.79 Å². The molecule has 1 amide bonds. The van der Waals surface area contributed by atoms with Gasteiger partial charge in [0.1, 0.15) is 5.82 Å². The van der Waals surface area contributed by atoms with E-state index in [-0.39, 0.29) is 17.4 Å². The SMILES string of the molecule is Cc1ncc2ccc(-c3cnc(NC(=O)C4CC(C)(C)OC4(C)C)s3)cc2n1. The Morgan fingerprint density at radius 3 is 2.71 bits per heavy atom. The van der Waals surface area contributed by atoms with Crippen LogP contribution in [0.5, 0.6) is 0 Å². The molecule has 0 radical (unpaired) electrons. The standard InChI is InChI=1S/C21H24N4O2S/c1-12-22-10-14-7-6-13(8-16(14)24-12)17-11-23-19(28-17)25-18(26)15-9-20(2,3)27-21(15,4)5/h6-8,10-11,15H,9H2,1-5H3,(H,23,25,26). The van der Waals surface area contributed by atoms with Gasteiger partial charge >= 0.3 is 0 Å². The normalized spacial score (nSPS) is 20.4. The number of aryl methyl sites for hydroxylation is 1. The van der Waals surface area contributed by atoms with Gasteiger partial charge in [-0.05, 0) is 52.7 Å². The number of anilines is 1. The molecule has 1 aromatic carbocycles. The first kappa shape index (κ1) is 19.0. The van der Waals surface area contributed by atoms with Crippen molar-refractivity contribution < 1.29 is 9.53 Å². The van der Waals surface area contributed by atoms with Crippen LogP contribution < -0.4 is 5.32 Å². The lowest BCUT2D eigenvalue weighted by atomic mass is 9.87. The van der Waals surface area contributed by atoms with Crippen molar-refractivity contribution in [2.45, 2.75) is 52.2 Å². The van der Waals surface area contributed by atoms with Gasteiger partial charge in [-0.1, -0.05) is 23.5 Å². The fraction of sp³-hybridized carbons (Fsp3) is 0.429. The molecule has 1 aliphatic rings. The number of thiazole rings is 1. The maximum atomic E-state index is 12.8. The minimum absolute atomic E-state index is 0.0432. The zero-order chi connectivity index (χ0) is 20.1. The molecule has 146 valence electrons. The summed E-state index contributed by atoms with van der Waals surface area (Å²) >= 11 is 1.46. The van der Waals surface area contributed by atoms with Crippen molar-refractivity contribution in [3.8, 4) is 10.4 Å². The molecule has 1 aliphatic heterocycles. The van der Waals surface area contributed by atoms with Crippen LogP contribution in [0.3, 0.4) is 0 Å². The van der Waals surface area contributed by atoms with E-state index in [4.69, 9.17) is 4.74 Å². The van der Waals surface area contributed by atoms with Crippen LogP contribution in [0.2, 0.25) is 0 Å². The molecule has 0 bridgehead atoms. The summed E-state index contributed by atoms with van der Waals surface area (Å²) in [6.07, 6.45) is 4.30. The lowest BCUT2D eigenvalue weighted by molar-refractivity contribution is -0.126. The Kier molecular flexibility index (Phi) is 4.47. The van der Waals surface area contributed by atoms with Crippen LogP contribution >= 0.6 is 11.3 Å². The highest BCUT2D eigenvalue weighted by Gasteiger charge is 2.49. The molecular weight excluding hydrogens is 372 g/mol. The van der Waals surface area contributed by atoms with Gasteiger partial charge in [0, 0.05) is 17.8 Å². The summed E-state index contributed by atoms with van der Waals surface area (Å²) in [5.74, 6) is 0.486. The van der Waals surface area contributed by atoms with Gasteiger partial charge in [0.05, 0.1) is 27.5 Å². The Bertz CT molecular complexity index is 1060. The van der Waals surface area contributed by atoms with E-state index >= 15 is 0 Å². The largest absolute Gasteiger partial charge is 0.369 e. The molecule has 7 heteroatoms. The van der Waals surface area contributed by atoms with Crippen molar-refractivity contribution in [1.29, 1.82) is 0 Å². The van der Waals surface area contributed by atoms with E-state index in [1.807, 2.05) is 59.0 Å². The van der Waals surface area contributed by atoms with Crippen molar-refractivity contribution in [2.75, 3.05) is 5.32 Å². The number of ether oxygens (including phenoxy) is 1. The van der Waals surface area contributed by atoms with Crippen LogP contribution in [0.1, 0.15) is 39.9 Å². The van der Waals surface area contributed by atoms with E-state index in [0.717, 1.165) is 27.2 Å². The van der Waals surface area contributed by atoms with Crippen LogP contribution in [0, 0.1) is 12.8 Å². The van der Waals surface area contributed by atoms with E-state index in [1.54, 1.807) is 6.20 Å². The van der Waals surface area contributed by atoms with Gasteiger partial charge in [-0.2, -0.15) is 0 Å². The van der Waals surface area contributed by atoms with Crippen LogP contribution in [0.4, 0.5) is 5.13 Å². The molecule has 2 aromatic heterocycles. The quantitative estimate of drug-likeness (QED) is 0.700. The number of aromatic nitrogens is 3. The van der Waals surface area contributed by atoms with Gasteiger partial charge in [-0.15, -0.1) is 0 Å². The van der Waals surface area contributed by atoms with E-state index in [0.29, 0.717) is 11.6 Å². The van der Waals surface area contributed by atoms with E-state index in [1.165, 1.54) is 11.3 Å². The highest BCUT2D eigenvalue weighted by molar-refractivity contribution is 7.19. The summed E-state index contributed by atoms with van der Waals surface area (Å²) in [7, 11) is 0. The summed E-state index contributed by atoms with van der Waals surface area (Å²) in [5.41, 5.74) is 1.12. The first-order chi connectivity index (χ1) is 13.1. The molecule has 0 spiro atoms. The molecule has 1 unspecified atom stereocenters. The number of nitrogens with one attached hydrogen (secondary N) is 1. The molecule has 3 aromatic rings. The Morgan fingerprint density at radius 2 is 2.00 bits per heavy atom. The highest BCUT2D eigenvalue weighted by Crippen LogP contribution is 2.42. The van der Waals surface area contributed by atoms with Crippen molar-refractivity contribution in [2.24, 2.45) is 5.92 Å². The Balaban J connectivity index is 1.54. The maximum absolute atomic E-state index is 12.8. The minimum Gasteiger partial charge on any atom is -0.369 e. The fourth-order valence-corrected chi connectivity index (χ4v) is 4.71. The number of benzene rings is 1. The Morgan fingerprint density at radius 1 is 1.21 bits per heavy atom. The molecule has 6 nitrogen and oxygen atoms in total. The van der Waals surface area contributed by atoms with Gasteiger partial charge < -0.3 is 10.1 Å². The lowest BCUT2D eigenvalue weighted by Crippen LogP contribution is -2.36. The average Bonchev–Trinajstić information content (AvgIpc) is 3.14. The first-order valence-corrected chi connectivity index (χ1v) is 10.2. The summed E-state index contributed by atoms with van der Waals surface area (Å²) in [6, 6.07) is 6.05. The smallest absolute Gasteiger partial charge is 0.232 e. The fourth-order valence-electron chi connectivity index (χ4n) is 3.90. The molecule has 1 saturated heterocycles. The van der Waals surface area contributed by atoms with E-state index in [2.05, 4.69) is 20.3 Å². The van der Waals surface area contributed by atoms with Gasteiger partial charge in [0.2, 0.25) is 5.91 Å². The number of amides is 1. The Labute approximate surface area is 168 Å². The topological polar surface area (TPSA) is 77.0 Å². The average molecular weight is 397 g/mol. The molecule has 1 atom stereocenters. The van der Waals surface area contributed by atoms with Crippen molar-refractivity contribution in [1.82, 2.24) is 15.0 Å². The number of nitrogens with zero attached hydrogens (tertiary/aromatic N) is 3. The van der Waals surface area contributed by atoms with Crippen molar-refractivity contribution in [3.05, 3.63) is 36.4 Å². The van der Waals surface area contributed by atoms with Crippen LogP contribution in [0.15, 0.2) is 30.6 Å². The summed E-state index contributed by atoms with van der Waals surface area (Å²) in [5, 5.41) is 4.57. The second-order valence-corrected chi connectivity index (χ2v) is 9.46. The third kappa shape index (κ3) is 3.64. The van der Waals surface area contributed by atoms with Crippen LogP contribution in [0.25, 0.3) is 21.3 Å². The summed E-state index contributed by atoms with van der Waals surface area (Å²) in [6.45, 7) is 9.86. The molecule has 0 saturated carbocycles. The van der Waals surface area contributed by atoms with Crippen LogP contribution in [-0.4, -0.2) is 32.1 Å². The molecular formula is C21H24N4O2S. The second-order valence-electron chi connectivity index (χ2n) is 8.43. The minimum atomic E-state index is -0.496. The molecule has 1 N–H and O–H groups in total. The molecule has 3 heterocycles.